The molecule has 2 N–H and O–H groups in total. The fraction of sp³-hybridized carbons (Fsp3) is 0.238. The maximum Gasteiger partial charge on any atom is 0.261 e. The van der Waals surface area contributed by atoms with Crippen LogP contribution in [0.3, 0.4) is 0 Å². The Balaban J connectivity index is 1.39. The number of hydrogen-bond donors (Lipinski definition) is 2. The van der Waals surface area contributed by atoms with Crippen molar-refractivity contribution in [2.45, 2.75) is 18.9 Å². The Morgan fingerprint density at radius 3 is 2.79 bits per heavy atom. The number of aromatic amines is 1. The predicted molar refractivity (Wildman–Crippen MR) is 105 cm³/mol. The zero-order chi connectivity index (χ0) is 20.1. The van der Waals surface area contributed by atoms with Gasteiger partial charge in [-0.05, 0) is 49.2 Å². The number of nitrogens with zero attached hydrogens (tertiary/aromatic N) is 2. The number of imidazole rings is 1. The van der Waals surface area contributed by atoms with Gasteiger partial charge in [0.1, 0.15) is 11.9 Å². The fourth-order valence-electron chi connectivity index (χ4n) is 3.76. The number of carbonyl (C=O) groups is 3. The van der Waals surface area contributed by atoms with Crippen molar-refractivity contribution in [3.8, 4) is 0 Å². The molecule has 3 amide bonds. The monoisotopic (exact) mass is 390 g/mol. The minimum Gasteiger partial charge on any atom is -0.370 e. The summed E-state index contributed by atoms with van der Waals surface area (Å²) in [6, 6.07) is 9.94. The Labute approximate surface area is 165 Å². The van der Waals surface area contributed by atoms with Gasteiger partial charge in [0, 0.05) is 24.9 Å². The van der Waals surface area contributed by atoms with Crippen LogP contribution in [-0.4, -0.2) is 46.2 Å². The summed E-state index contributed by atoms with van der Waals surface area (Å²) in [7, 11) is 1.43. The third-order valence-electron chi connectivity index (χ3n) is 5.34. The van der Waals surface area contributed by atoms with Crippen LogP contribution in [0.5, 0.6) is 0 Å². The van der Waals surface area contributed by atoms with Gasteiger partial charge in [0.2, 0.25) is 0 Å². The third-order valence-corrected chi connectivity index (χ3v) is 5.34. The van der Waals surface area contributed by atoms with Crippen molar-refractivity contribution < 1.29 is 19.1 Å². The van der Waals surface area contributed by atoms with Crippen molar-refractivity contribution in [3.63, 3.8) is 0 Å². The van der Waals surface area contributed by atoms with E-state index in [1.807, 2.05) is 12.1 Å². The molecule has 0 radical (unpaired) electrons. The zero-order valence-corrected chi connectivity index (χ0v) is 15.7. The summed E-state index contributed by atoms with van der Waals surface area (Å²) in [5.41, 5.74) is 3.09. The van der Waals surface area contributed by atoms with Gasteiger partial charge in [-0.1, -0.05) is 0 Å². The van der Waals surface area contributed by atoms with E-state index < -0.39 is 5.91 Å². The van der Waals surface area contributed by atoms with Crippen molar-refractivity contribution in [1.29, 1.82) is 0 Å². The Morgan fingerprint density at radius 2 is 2.00 bits per heavy atom. The second-order valence-electron chi connectivity index (χ2n) is 7.24. The van der Waals surface area contributed by atoms with E-state index in [0.717, 1.165) is 41.2 Å². The molecule has 3 heterocycles. The number of rotatable bonds is 3. The third kappa shape index (κ3) is 2.89. The number of anilines is 1. The first-order chi connectivity index (χ1) is 14.0. The van der Waals surface area contributed by atoms with Crippen LogP contribution < -0.4 is 5.32 Å². The summed E-state index contributed by atoms with van der Waals surface area (Å²) in [6.07, 6.45) is 1.96. The highest BCUT2D eigenvalue weighted by Crippen LogP contribution is 2.29. The molecule has 2 aliphatic rings. The molecule has 0 spiro atoms. The quantitative estimate of drug-likeness (QED) is 0.669. The molecule has 2 aliphatic heterocycles. The van der Waals surface area contributed by atoms with Gasteiger partial charge in [-0.2, -0.15) is 0 Å². The van der Waals surface area contributed by atoms with Crippen molar-refractivity contribution >= 4 is 34.4 Å². The minimum atomic E-state index is -0.403. The van der Waals surface area contributed by atoms with Gasteiger partial charge in [0.25, 0.3) is 17.7 Å². The number of amides is 3. The Bertz CT molecular complexity index is 1180. The van der Waals surface area contributed by atoms with Crippen LogP contribution in [-0.2, 0) is 4.74 Å². The molecule has 1 fully saturated rings. The number of hydrogen-bond acceptors (Lipinski definition) is 5. The lowest BCUT2D eigenvalue weighted by atomic mass is 10.1. The Hall–Kier alpha value is -3.52. The summed E-state index contributed by atoms with van der Waals surface area (Å²) in [4.78, 5) is 45.7. The highest BCUT2D eigenvalue weighted by atomic mass is 16.5. The summed E-state index contributed by atoms with van der Waals surface area (Å²) in [5, 5.41) is 2.83. The molecule has 29 heavy (non-hydrogen) atoms. The number of nitrogens with one attached hydrogen (secondary N) is 2. The first-order valence-electron chi connectivity index (χ1n) is 9.40. The topological polar surface area (TPSA) is 104 Å². The molecular formula is C21H18N4O4. The lowest BCUT2D eigenvalue weighted by molar-refractivity contribution is 0.0693. The van der Waals surface area contributed by atoms with E-state index >= 15 is 0 Å². The zero-order valence-electron chi connectivity index (χ0n) is 15.7. The molecule has 1 unspecified atom stereocenters. The second-order valence-corrected chi connectivity index (χ2v) is 7.24. The van der Waals surface area contributed by atoms with Crippen LogP contribution >= 0.6 is 0 Å². The molecule has 1 atom stereocenters. The number of benzene rings is 2. The number of ether oxygens (including phenoxy) is 1. The van der Waals surface area contributed by atoms with Gasteiger partial charge in [-0.3, -0.25) is 19.3 Å². The predicted octanol–water partition coefficient (Wildman–Crippen LogP) is 2.89. The van der Waals surface area contributed by atoms with Crippen LogP contribution in [0.2, 0.25) is 0 Å². The number of imide groups is 1. The molecule has 2 aromatic carbocycles. The van der Waals surface area contributed by atoms with Crippen LogP contribution in [0.1, 0.15) is 55.8 Å². The molecule has 8 heteroatoms. The van der Waals surface area contributed by atoms with Crippen LogP contribution in [0.4, 0.5) is 5.69 Å². The van der Waals surface area contributed by atoms with Crippen molar-refractivity contribution in [2.75, 3.05) is 19.0 Å². The smallest absolute Gasteiger partial charge is 0.261 e. The van der Waals surface area contributed by atoms with Gasteiger partial charge in [0.05, 0.1) is 22.2 Å². The van der Waals surface area contributed by atoms with E-state index in [-0.39, 0.29) is 23.5 Å². The lowest BCUT2D eigenvalue weighted by Gasteiger charge is -2.06. The second kappa shape index (κ2) is 6.52. The SMILES string of the molecule is CN1C(=O)c2ccc(C(=O)Nc3ccc4nc(C5CCCO5)[nH]c4c3)cc2C1=O. The summed E-state index contributed by atoms with van der Waals surface area (Å²) >= 11 is 0. The molecular weight excluding hydrogens is 372 g/mol. The normalized spacial score (nSPS) is 18.5. The van der Waals surface area contributed by atoms with Gasteiger partial charge >= 0.3 is 0 Å². The van der Waals surface area contributed by atoms with E-state index in [4.69, 9.17) is 4.74 Å². The molecule has 1 aromatic heterocycles. The Morgan fingerprint density at radius 1 is 1.17 bits per heavy atom. The molecule has 5 rings (SSSR count). The number of carbonyl (C=O) groups excluding carboxylic acids is 3. The molecule has 146 valence electrons. The lowest BCUT2D eigenvalue weighted by Crippen LogP contribution is -2.24. The summed E-state index contributed by atoms with van der Waals surface area (Å²) in [6.45, 7) is 0.744. The Kier molecular flexibility index (Phi) is 3.95. The molecule has 1 saturated heterocycles. The number of H-pyrrole nitrogens is 1. The van der Waals surface area contributed by atoms with Crippen LogP contribution in [0.15, 0.2) is 36.4 Å². The van der Waals surface area contributed by atoms with E-state index in [2.05, 4.69) is 15.3 Å². The van der Waals surface area contributed by atoms with Gasteiger partial charge in [-0.25, -0.2) is 4.98 Å². The standard InChI is InChI=1S/C21H18N4O4/c1-25-20(27)13-6-4-11(9-14(13)21(25)28)19(26)22-12-5-7-15-16(10-12)24-18(23-15)17-3-2-8-29-17/h4-7,9-10,17H,2-3,8H2,1H3,(H,22,26)(H,23,24). The van der Waals surface area contributed by atoms with Gasteiger partial charge in [-0.15, -0.1) is 0 Å². The average Bonchev–Trinajstić information content (AvgIpc) is 3.44. The van der Waals surface area contributed by atoms with Gasteiger partial charge < -0.3 is 15.0 Å². The molecule has 0 bridgehead atoms. The average molecular weight is 390 g/mol. The maximum absolute atomic E-state index is 12.7. The fourth-order valence-corrected chi connectivity index (χ4v) is 3.76. The van der Waals surface area contributed by atoms with Crippen molar-refractivity contribution in [3.05, 3.63) is 58.9 Å². The highest BCUT2D eigenvalue weighted by Gasteiger charge is 2.33. The highest BCUT2D eigenvalue weighted by molar-refractivity contribution is 6.22. The summed E-state index contributed by atoms with van der Waals surface area (Å²) < 4.78 is 5.66. The molecule has 3 aromatic rings. The molecule has 0 aliphatic carbocycles. The number of fused-ring (bicyclic) bond motifs is 2. The van der Waals surface area contributed by atoms with Crippen LogP contribution in [0, 0.1) is 0 Å². The minimum absolute atomic E-state index is 0.00904. The van der Waals surface area contributed by atoms with E-state index in [9.17, 15) is 14.4 Å². The van der Waals surface area contributed by atoms with E-state index in [1.54, 1.807) is 12.1 Å². The first kappa shape index (κ1) is 17.6. The van der Waals surface area contributed by atoms with Gasteiger partial charge in [0.15, 0.2) is 0 Å². The van der Waals surface area contributed by atoms with Crippen molar-refractivity contribution in [1.82, 2.24) is 14.9 Å². The van der Waals surface area contributed by atoms with Crippen molar-refractivity contribution in [2.24, 2.45) is 0 Å². The number of aromatic nitrogens is 2. The summed E-state index contributed by atoms with van der Waals surface area (Å²) in [5.74, 6) is -0.323. The van der Waals surface area contributed by atoms with E-state index in [0.29, 0.717) is 16.8 Å². The largest absolute Gasteiger partial charge is 0.370 e. The van der Waals surface area contributed by atoms with Crippen LogP contribution in [0.25, 0.3) is 11.0 Å². The maximum atomic E-state index is 12.7. The first-order valence-corrected chi connectivity index (χ1v) is 9.40. The van der Waals surface area contributed by atoms with E-state index in [1.165, 1.54) is 19.2 Å². The molecule has 0 saturated carbocycles. The molecule has 8 nitrogen and oxygen atoms in total.